The number of methoxy groups -OCH3 is 1. The van der Waals surface area contributed by atoms with Crippen LogP contribution in [0.1, 0.15) is 11.4 Å². The molecule has 0 saturated heterocycles. The minimum absolute atomic E-state index is 0.511. The van der Waals surface area contributed by atoms with E-state index < -0.39 is 0 Å². The molecule has 1 aliphatic rings. The average Bonchev–Trinajstić information content (AvgIpc) is 2.91. The van der Waals surface area contributed by atoms with Gasteiger partial charge in [0.1, 0.15) is 5.75 Å². The van der Waals surface area contributed by atoms with E-state index in [1.165, 1.54) is 0 Å². The molecule has 0 unspecified atom stereocenters. The highest BCUT2D eigenvalue weighted by Crippen LogP contribution is 2.28. The molecule has 1 aromatic heterocycles. The van der Waals surface area contributed by atoms with Gasteiger partial charge in [-0.3, -0.25) is 9.56 Å². The summed E-state index contributed by atoms with van der Waals surface area (Å²) < 4.78 is 7.37. The lowest BCUT2D eigenvalue weighted by atomic mass is 10.1. The van der Waals surface area contributed by atoms with Gasteiger partial charge < -0.3 is 4.74 Å². The quantitative estimate of drug-likeness (QED) is 0.729. The first-order valence-electron chi connectivity index (χ1n) is 7.05. The Hall–Kier alpha value is -2.95. The van der Waals surface area contributed by atoms with Crippen molar-refractivity contribution in [3.8, 4) is 22.8 Å². The molecule has 2 aromatic carbocycles. The first kappa shape index (κ1) is 12.8. The summed E-state index contributed by atoms with van der Waals surface area (Å²) in [5, 5.41) is 8.66. The fourth-order valence-electron chi connectivity index (χ4n) is 2.64. The number of fused-ring (bicyclic) bond motifs is 3. The van der Waals surface area contributed by atoms with Gasteiger partial charge in [-0.15, -0.1) is 10.2 Å². The average molecular weight is 290 g/mol. The normalized spacial score (nSPS) is 12.4. The van der Waals surface area contributed by atoms with Crippen LogP contribution >= 0.6 is 0 Å². The van der Waals surface area contributed by atoms with E-state index in [1.807, 2.05) is 54.7 Å². The van der Waals surface area contributed by atoms with E-state index in [1.54, 1.807) is 7.11 Å². The summed E-state index contributed by atoms with van der Waals surface area (Å²) in [6.45, 7) is 0.511. The third-order valence-electron chi connectivity index (χ3n) is 3.70. The fraction of sp³-hybridized carbons (Fsp3) is 0.118. The molecule has 108 valence electrons. The molecule has 0 aliphatic carbocycles. The zero-order chi connectivity index (χ0) is 14.9. The Morgan fingerprint density at radius 3 is 2.73 bits per heavy atom. The van der Waals surface area contributed by atoms with Crippen molar-refractivity contribution in [3.63, 3.8) is 0 Å². The van der Waals surface area contributed by atoms with Crippen LogP contribution in [-0.2, 0) is 6.54 Å². The lowest BCUT2D eigenvalue weighted by Gasteiger charge is -2.12. The highest BCUT2D eigenvalue weighted by molar-refractivity contribution is 5.87. The van der Waals surface area contributed by atoms with Crippen molar-refractivity contribution in [3.05, 3.63) is 59.9 Å². The van der Waals surface area contributed by atoms with Crippen molar-refractivity contribution in [1.82, 2.24) is 14.8 Å². The van der Waals surface area contributed by atoms with Crippen LogP contribution in [0.15, 0.2) is 53.5 Å². The molecular formula is C17H14N4O. The molecule has 0 fully saturated rings. The summed E-state index contributed by atoms with van der Waals surface area (Å²) in [4.78, 5) is 4.43. The Morgan fingerprint density at radius 1 is 1.05 bits per heavy atom. The molecule has 0 N–H and O–H groups in total. The summed E-state index contributed by atoms with van der Waals surface area (Å²) in [5.74, 6) is 2.47. The summed E-state index contributed by atoms with van der Waals surface area (Å²) >= 11 is 0. The van der Waals surface area contributed by atoms with Crippen molar-refractivity contribution in [1.29, 1.82) is 0 Å². The van der Waals surface area contributed by atoms with Gasteiger partial charge in [0.05, 0.1) is 19.3 Å². The standard InChI is InChI=1S/C17H14N4O/c1-22-14-7-8-15-13(9-14)10-18-11-16-19-20-17(21(15)16)12-5-3-2-4-6-12/h2-10H,11H2,1H3. The number of ether oxygens (including phenoxy) is 1. The minimum atomic E-state index is 0.511. The largest absolute Gasteiger partial charge is 0.497 e. The molecular weight excluding hydrogens is 276 g/mol. The van der Waals surface area contributed by atoms with Crippen LogP contribution in [-0.4, -0.2) is 28.1 Å². The summed E-state index contributed by atoms with van der Waals surface area (Å²) in [7, 11) is 1.66. The number of nitrogens with zero attached hydrogens (tertiary/aromatic N) is 4. The SMILES string of the molecule is COc1ccc2c(c1)C=NCc1nnc(-c3ccccc3)n1-2. The van der Waals surface area contributed by atoms with Crippen LogP contribution in [0.2, 0.25) is 0 Å². The number of hydrogen-bond donors (Lipinski definition) is 0. The van der Waals surface area contributed by atoms with Crippen LogP contribution < -0.4 is 4.74 Å². The number of rotatable bonds is 2. The Balaban J connectivity index is 1.95. The molecule has 1 aliphatic heterocycles. The first-order chi connectivity index (χ1) is 10.9. The minimum Gasteiger partial charge on any atom is -0.497 e. The highest BCUT2D eigenvalue weighted by Gasteiger charge is 2.19. The van der Waals surface area contributed by atoms with Gasteiger partial charge in [0.25, 0.3) is 0 Å². The van der Waals surface area contributed by atoms with Crippen molar-refractivity contribution >= 4 is 6.21 Å². The molecule has 3 aromatic rings. The molecule has 4 rings (SSSR count). The van der Waals surface area contributed by atoms with E-state index in [-0.39, 0.29) is 0 Å². The molecule has 0 spiro atoms. The number of hydrogen-bond acceptors (Lipinski definition) is 4. The van der Waals surface area contributed by atoms with E-state index in [4.69, 9.17) is 4.74 Å². The van der Waals surface area contributed by atoms with E-state index in [0.29, 0.717) is 6.54 Å². The maximum absolute atomic E-state index is 5.30. The molecule has 0 atom stereocenters. The number of aromatic nitrogens is 3. The Morgan fingerprint density at radius 2 is 1.91 bits per heavy atom. The van der Waals surface area contributed by atoms with E-state index in [9.17, 15) is 0 Å². The molecule has 5 heteroatoms. The molecule has 0 radical (unpaired) electrons. The number of benzene rings is 2. The second kappa shape index (κ2) is 5.11. The van der Waals surface area contributed by atoms with Crippen LogP contribution in [0.5, 0.6) is 5.75 Å². The van der Waals surface area contributed by atoms with Crippen molar-refractivity contribution in [2.45, 2.75) is 6.54 Å². The molecule has 0 saturated carbocycles. The summed E-state index contributed by atoms with van der Waals surface area (Å²) in [6.07, 6.45) is 1.86. The van der Waals surface area contributed by atoms with Crippen molar-refractivity contribution in [2.24, 2.45) is 4.99 Å². The van der Waals surface area contributed by atoms with Crippen LogP contribution in [0, 0.1) is 0 Å². The van der Waals surface area contributed by atoms with Gasteiger partial charge >= 0.3 is 0 Å². The smallest absolute Gasteiger partial charge is 0.168 e. The van der Waals surface area contributed by atoms with Crippen molar-refractivity contribution < 1.29 is 4.74 Å². The molecule has 0 bridgehead atoms. The number of aliphatic imine (C=N–C) groups is 1. The van der Waals surface area contributed by atoms with Gasteiger partial charge in [0.2, 0.25) is 0 Å². The summed E-state index contributed by atoms with van der Waals surface area (Å²) in [6, 6.07) is 16.0. The maximum atomic E-state index is 5.30. The third-order valence-corrected chi connectivity index (χ3v) is 3.70. The van der Waals surface area contributed by atoms with Gasteiger partial charge in [0, 0.05) is 17.3 Å². The highest BCUT2D eigenvalue weighted by atomic mass is 16.5. The second-order valence-electron chi connectivity index (χ2n) is 5.04. The fourth-order valence-corrected chi connectivity index (χ4v) is 2.64. The van der Waals surface area contributed by atoms with Gasteiger partial charge in [-0.1, -0.05) is 30.3 Å². The van der Waals surface area contributed by atoms with Crippen LogP contribution in [0.25, 0.3) is 17.1 Å². The molecule has 2 heterocycles. The zero-order valence-corrected chi connectivity index (χ0v) is 12.1. The van der Waals surface area contributed by atoms with Crippen molar-refractivity contribution in [2.75, 3.05) is 7.11 Å². The Bertz CT molecular complexity index is 852. The first-order valence-corrected chi connectivity index (χ1v) is 7.05. The van der Waals surface area contributed by atoms with E-state index in [2.05, 4.69) is 19.8 Å². The van der Waals surface area contributed by atoms with E-state index >= 15 is 0 Å². The molecule has 5 nitrogen and oxygen atoms in total. The summed E-state index contributed by atoms with van der Waals surface area (Å²) in [5.41, 5.74) is 3.04. The molecule has 0 amide bonds. The van der Waals surface area contributed by atoms with Gasteiger partial charge in [-0.25, -0.2) is 0 Å². The predicted molar refractivity (Wildman–Crippen MR) is 84.6 cm³/mol. The monoisotopic (exact) mass is 290 g/mol. The Labute approximate surface area is 127 Å². The molecule has 22 heavy (non-hydrogen) atoms. The lowest BCUT2D eigenvalue weighted by Crippen LogP contribution is -2.03. The van der Waals surface area contributed by atoms with Gasteiger partial charge in [-0.2, -0.15) is 0 Å². The lowest BCUT2D eigenvalue weighted by molar-refractivity contribution is 0.414. The third kappa shape index (κ3) is 1.98. The van der Waals surface area contributed by atoms with E-state index in [0.717, 1.165) is 34.2 Å². The second-order valence-corrected chi connectivity index (χ2v) is 5.04. The topological polar surface area (TPSA) is 52.3 Å². The van der Waals surface area contributed by atoms with Crippen LogP contribution in [0.4, 0.5) is 0 Å². The maximum Gasteiger partial charge on any atom is 0.168 e. The van der Waals surface area contributed by atoms with Gasteiger partial charge in [0.15, 0.2) is 11.6 Å². The van der Waals surface area contributed by atoms with Gasteiger partial charge in [-0.05, 0) is 18.2 Å². The predicted octanol–water partition coefficient (Wildman–Crippen LogP) is 2.88. The van der Waals surface area contributed by atoms with Crippen LogP contribution in [0.3, 0.4) is 0 Å². The zero-order valence-electron chi connectivity index (χ0n) is 12.1. The Kier molecular flexibility index (Phi) is 2.96.